The van der Waals surface area contributed by atoms with E-state index >= 15 is 0 Å². The molecule has 1 N–H and O–H groups in total. The summed E-state index contributed by atoms with van der Waals surface area (Å²) in [5, 5.41) is 7.13. The number of hydrogen-bond acceptors (Lipinski definition) is 5. The Morgan fingerprint density at radius 3 is 2.73 bits per heavy atom. The predicted octanol–water partition coefficient (Wildman–Crippen LogP) is 2.28. The van der Waals surface area contributed by atoms with Crippen LogP contribution in [0, 0.1) is 11.7 Å². The maximum atomic E-state index is 12.8. The fourth-order valence-electron chi connectivity index (χ4n) is 3.59. The summed E-state index contributed by atoms with van der Waals surface area (Å²) in [7, 11) is 0. The zero-order chi connectivity index (χ0) is 18.1. The molecule has 3 heterocycles. The first-order valence-corrected chi connectivity index (χ1v) is 9.25. The number of nitrogens with one attached hydrogen (secondary N) is 1. The molecule has 0 radical (unpaired) electrons. The van der Waals surface area contributed by atoms with E-state index in [4.69, 9.17) is 21.7 Å². The van der Waals surface area contributed by atoms with Crippen LogP contribution in [-0.2, 0) is 20.8 Å². The van der Waals surface area contributed by atoms with Gasteiger partial charge >= 0.3 is 0 Å². The lowest BCUT2D eigenvalue weighted by molar-refractivity contribution is -0.187. The molecule has 1 spiro atoms. The number of amides is 1. The highest BCUT2D eigenvalue weighted by molar-refractivity contribution is 7.71. The zero-order valence-electron chi connectivity index (χ0n) is 14.7. The molecule has 0 aliphatic carbocycles. The van der Waals surface area contributed by atoms with Gasteiger partial charge in [0.1, 0.15) is 6.54 Å². The van der Waals surface area contributed by atoms with Crippen LogP contribution in [0.25, 0.3) is 11.4 Å². The van der Waals surface area contributed by atoms with Gasteiger partial charge in [-0.05, 0) is 25.2 Å². The number of aryl methyl sites for hydroxylation is 1. The minimum atomic E-state index is -0.477. The maximum absolute atomic E-state index is 12.8. The highest BCUT2D eigenvalue weighted by Gasteiger charge is 2.40. The van der Waals surface area contributed by atoms with Crippen molar-refractivity contribution in [3.63, 3.8) is 0 Å². The van der Waals surface area contributed by atoms with E-state index < -0.39 is 5.79 Å². The molecule has 0 unspecified atom stereocenters. The van der Waals surface area contributed by atoms with Gasteiger partial charge in [0.15, 0.2) is 16.4 Å². The standard InChI is InChI=1S/C18H22N4O3S/c1-13-3-2-4-14(11-13)16-19-20-17(26)22(16)12-15(23)21-7-5-18(6-8-21)24-9-10-25-18/h2-4,11H,5-10,12H2,1H3,(H,20,26). The molecule has 26 heavy (non-hydrogen) atoms. The van der Waals surface area contributed by atoms with E-state index in [2.05, 4.69) is 10.2 Å². The summed E-state index contributed by atoms with van der Waals surface area (Å²) < 4.78 is 13.7. The van der Waals surface area contributed by atoms with Gasteiger partial charge in [0.25, 0.3) is 0 Å². The van der Waals surface area contributed by atoms with Gasteiger partial charge in [-0.2, -0.15) is 5.10 Å². The average molecular weight is 374 g/mol. The number of H-pyrrole nitrogens is 1. The molecule has 7 nitrogen and oxygen atoms in total. The maximum Gasteiger partial charge on any atom is 0.242 e. The third-order valence-electron chi connectivity index (χ3n) is 5.02. The van der Waals surface area contributed by atoms with E-state index in [0.717, 1.165) is 11.1 Å². The van der Waals surface area contributed by atoms with Crippen molar-refractivity contribution in [3.05, 3.63) is 34.6 Å². The second-order valence-corrected chi connectivity index (χ2v) is 7.18. The van der Waals surface area contributed by atoms with Crippen LogP contribution in [0.3, 0.4) is 0 Å². The normalized spacial score (nSPS) is 19.2. The molecule has 2 aliphatic heterocycles. The van der Waals surface area contributed by atoms with Crippen LogP contribution in [0.15, 0.2) is 24.3 Å². The fourth-order valence-corrected chi connectivity index (χ4v) is 3.78. The van der Waals surface area contributed by atoms with E-state index in [0.29, 0.717) is 49.7 Å². The first-order chi connectivity index (χ1) is 12.6. The lowest BCUT2D eigenvalue weighted by atomic mass is 10.0. The number of carbonyl (C=O) groups is 1. The van der Waals surface area contributed by atoms with E-state index in [-0.39, 0.29) is 12.5 Å². The molecule has 2 fully saturated rings. The summed E-state index contributed by atoms with van der Waals surface area (Å²) in [6, 6.07) is 8.00. The van der Waals surface area contributed by atoms with E-state index in [1.54, 1.807) is 4.57 Å². The Balaban J connectivity index is 1.48. The Hall–Kier alpha value is -2.03. The topological polar surface area (TPSA) is 72.4 Å². The van der Waals surface area contributed by atoms with Gasteiger partial charge in [0.2, 0.25) is 5.91 Å². The molecule has 138 valence electrons. The SMILES string of the molecule is Cc1cccc(-c2n[nH]c(=S)n2CC(=O)N2CCC3(CC2)OCCO3)c1. The number of benzene rings is 1. The van der Waals surface area contributed by atoms with Crippen LogP contribution < -0.4 is 0 Å². The smallest absolute Gasteiger partial charge is 0.242 e. The molecule has 2 saturated heterocycles. The monoisotopic (exact) mass is 374 g/mol. The minimum Gasteiger partial charge on any atom is -0.347 e. The summed E-state index contributed by atoms with van der Waals surface area (Å²) in [4.78, 5) is 14.7. The van der Waals surface area contributed by atoms with Gasteiger partial charge in [-0.1, -0.05) is 23.8 Å². The third kappa shape index (κ3) is 3.32. The highest BCUT2D eigenvalue weighted by atomic mass is 32.1. The van der Waals surface area contributed by atoms with Crippen molar-refractivity contribution in [2.75, 3.05) is 26.3 Å². The number of hydrogen-bond donors (Lipinski definition) is 1. The van der Waals surface area contributed by atoms with E-state index in [1.165, 1.54) is 0 Å². The van der Waals surface area contributed by atoms with Crippen molar-refractivity contribution in [1.82, 2.24) is 19.7 Å². The Morgan fingerprint density at radius 2 is 2.04 bits per heavy atom. The molecule has 1 amide bonds. The van der Waals surface area contributed by atoms with Crippen LogP contribution >= 0.6 is 12.2 Å². The molecule has 8 heteroatoms. The molecule has 1 aromatic heterocycles. The van der Waals surface area contributed by atoms with Crippen molar-refractivity contribution >= 4 is 18.1 Å². The van der Waals surface area contributed by atoms with Crippen molar-refractivity contribution in [2.24, 2.45) is 0 Å². The number of aromatic amines is 1. The molecule has 1 aromatic carbocycles. The molecule has 2 aromatic rings. The average Bonchev–Trinajstić information content (AvgIpc) is 3.23. The third-order valence-corrected chi connectivity index (χ3v) is 5.33. The molecule has 2 aliphatic rings. The summed E-state index contributed by atoms with van der Waals surface area (Å²) in [6.45, 7) is 4.73. The largest absolute Gasteiger partial charge is 0.347 e. The van der Waals surface area contributed by atoms with Crippen molar-refractivity contribution in [3.8, 4) is 11.4 Å². The highest BCUT2D eigenvalue weighted by Crippen LogP contribution is 2.31. The molecule has 0 saturated carbocycles. The van der Waals surface area contributed by atoms with Crippen molar-refractivity contribution in [2.45, 2.75) is 32.1 Å². The summed E-state index contributed by atoms with van der Waals surface area (Å²) in [5.74, 6) is 0.238. The van der Waals surface area contributed by atoms with Crippen LogP contribution in [0.4, 0.5) is 0 Å². The molecule has 0 bridgehead atoms. The second kappa shape index (κ2) is 6.94. The number of nitrogens with zero attached hydrogens (tertiary/aromatic N) is 3. The Kier molecular flexibility index (Phi) is 4.64. The van der Waals surface area contributed by atoms with E-state index in [1.807, 2.05) is 36.1 Å². The van der Waals surface area contributed by atoms with Gasteiger partial charge in [0.05, 0.1) is 13.2 Å². The lowest BCUT2D eigenvalue weighted by Crippen LogP contribution is -2.48. The number of aromatic nitrogens is 3. The Morgan fingerprint density at radius 1 is 1.31 bits per heavy atom. The van der Waals surface area contributed by atoms with Crippen LogP contribution in [-0.4, -0.2) is 57.7 Å². The number of ether oxygens (including phenoxy) is 2. The summed E-state index contributed by atoms with van der Waals surface area (Å²) in [5.41, 5.74) is 2.07. The second-order valence-electron chi connectivity index (χ2n) is 6.80. The van der Waals surface area contributed by atoms with Crippen LogP contribution in [0.2, 0.25) is 0 Å². The van der Waals surface area contributed by atoms with Gasteiger partial charge in [-0.3, -0.25) is 14.5 Å². The Bertz CT molecular complexity index is 859. The zero-order valence-corrected chi connectivity index (χ0v) is 15.6. The van der Waals surface area contributed by atoms with Gasteiger partial charge in [-0.25, -0.2) is 0 Å². The van der Waals surface area contributed by atoms with Gasteiger partial charge in [0, 0.05) is 31.5 Å². The number of piperidine rings is 1. The Labute approximate surface area is 156 Å². The fraction of sp³-hybridized carbons (Fsp3) is 0.500. The van der Waals surface area contributed by atoms with Gasteiger partial charge in [-0.15, -0.1) is 0 Å². The number of rotatable bonds is 3. The number of likely N-dealkylation sites (tertiary alicyclic amines) is 1. The quantitative estimate of drug-likeness (QED) is 0.835. The number of carbonyl (C=O) groups excluding carboxylic acids is 1. The molecular weight excluding hydrogens is 352 g/mol. The van der Waals surface area contributed by atoms with Crippen molar-refractivity contribution in [1.29, 1.82) is 0 Å². The summed E-state index contributed by atoms with van der Waals surface area (Å²) in [6.07, 6.45) is 1.42. The van der Waals surface area contributed by atoms with Gasteiger partial charge < -0.3 is 14.4 Å². The van der Waals surface area contributed by atoms with E-state index in [9.17, 15) is 4.79 Å². The first kappa shape index (κ1) is 17.4. The summed E-state index contributed by atoms with van der Waals surface area (Å²) >= 11 is 5.34. The van der Waals surface area contributed by atoms with Crippen molar-refractivity contribution < 1.29 is 14.3 Å². The predicted molar refractivity (Wildman–Crippen MR) is 98.0 cm³/mol. The molecule has 0 atom stereocenters. The first-order valence-electron chi connectivity index (χ1n) is 8.84. The minimum absolute atomic E-state index is 0.0317. The van der Waals surface area contributed by atoms with Crippen LogP contribution in [0.1, 0.15) is 18.4 Å². The lowest BCUT2D eigenvalue weighted by Gasteiger charge is -2.37. The molecule has 4 rings (SSSR count). The van der Waals surface area contributed by atoms with Crippen LogP contribution in [0.5, 0.6) is 0 Å². The molecular formula is C18H22N4O3S.